The number of rotatable bonds is 8. The van der Waals surface area contributed by atoms with E-state index in [9.17, 15) is 9.59 Å². The number of nitrogens with one attached hydrogen (secondary N) is 1. The van der Waals surface area contributed by atoms with Crippen molar-refractivity contribution in [2.45, 2.75) is 0 Å². The van der Waals surface area contributed by atoms with Crippen LogP contribution in [0.25, 0.3) is 11.4 Å². The molecule has 4 rings (SSSR count). The molecule has 2 heterocycles. The van der Waals surface area contributed by atoms with Gasteiger partial charge in [-0.15, -0.1) is 5.12 Å². The Morgan fingerprint density at radius 1 is 1.12 bits per heavy atom. The fourth-order valence-corrected chi connectivity index (χ4v) is 3.47. The van der Waals surface area contributed by atoms with E-state index in [-0.39, 0.29) is 5.56 Å². The largest absolute Gasteiger partial charge is 0.497 e. The Balaban J connectivity index is 1.49. The number of nitrogens with zero attached hydrogens (tertiary/aromatic N) is 5. The summed E-state index contributed by atoms with van der Waals surface area (Å²) in [6.45, 7) is 2.61. The van der Waals surface area contributed by atoms with Gasteiger partial charge in [0.05, 0.1) is 32.2 Å². The van der Waals surface area contributed by atoms with Crippen LogP contribution in [0.1, 0.15) is 5.56 Å². The first-order valence-corrected chi connectivity index (χ1v) is 10.8. The van der Waals surface area contributed by atoms with Crippen LogP contribution in [0.15, 0.2) is 64.5 Å². The summed E-state index contributed by atoms with van der Waals surface area (Å²) < 4.78 is 12.0. The number of carbonyl (C=O) groups is 1. The van der Waals surface area contributed by atoms with Crippen molar-refractivity contribution in [3.8, 4) is 17.1 Å². The van der Waals surface area contributed by atoms with E-state index in [1.165, 1.54) is 4.57 Å². The lowest BCUT2D eigenvalue weighted by atomic mass is 10.2. The SMILES string of the molecule is COc1ccc(/C=N/N(C=O)Nc2ccc(-c3nc(N4CCOCC4)cc(=O)n3C)cc2)cc1. The Bertz CT molecular complexity index is 1200. The van der Waals surface area contributed by atoms with E-state index in [0.29, 0.717) is 50.0 Å². The van der Waals surface area contributed by atoms with Gasteiger partial charge >= 0.3 is 0 Å². The van der Waals surface area contributed by atoms with Crippen LogP contribution in [0.2, 0.25) is 0 Å². The fourth-order valence-electron chi connectivity index (χ4n) is 3.47. The molecule has 1 fully saturated rings. The van der Waals surface area contributed by atoms with Crippen molar-refractivity contribution < 1.29 is 14.3 Å². The van der Waals surface area contributed by atoms with E-state index in [1.54, 1.807) is 38.6 Å². The Morgan fingerprint density at radius 2 is 1.82 bits per heavy atom. The van der Waals surface area contributed by atoms with Crippen LogP contribution in [0.5, 0.6) is 5.75 Å². The highest BCUT2D eigenvalue weighted by molar-refractivity contribution is 5.80. The van der Waals surface area contributed by atoms with Gasteiger partial charge in [-0.3, -0.25) is 19.6 Å². The minimum atomic E-state index is -0.131. The summed E-state index contributed by atoms with van der Waals surface area (Å²) in [5.41, 5.74) is 5.03. The number of benzene rings is 2. The van der Waals surface area contributed by atoms with Gasteiger partial charge in [-0.05, 0) is 54.1 Å². The third-order valence-electron chi connectivity index (χ3n) is 5.39. The molecule has 0 radical (unpaired) electrons. The number of ether oxygens (including phenoxy) is 2. The molecule has 0 spiro atoms. The molecule has 2 aromatic carbocycles. The number of hydrazone groups is 1. The molecule has 3 aromatic rings. The van der Waals surface area contributed by atoms with Crippen molar-refractivity contribution in [2.75, 3.05) is 43.7 Å². The van der Waals surface area contributed by atoms with Crippen molar-refractivity contribution >= 4 is 24.1 Å². The summed E-state index contributed by atoms with van der Waals surface area (Å²) in [6.07, 6.45) is 2.14. The van der Waals surface area contributed by atoms with Crippen LogP contribution in [-0.4, -0.2) is 60.7 Å². The summed E-state index contributed by atoms with van der Waals surface area (Å²) in [5.74, 6) is 1.94. The van der Waals surface area contributed by atoms with Crippen LogP contribution >= 0.6 is 0 Å². The molecule has 0 aliphatic carbocycles. The molecule has 1 amide bonds. The summed E-state index contributed by atoms with van der Waals surface area (Å²) >= 11 is 0. The second-order valence-corrected chi connectivity index (χ2v) is 7.59. The average Bonchev–Trinajstić information content (AvgIpc) is 2.89. The molecule has 1 aliphatic heterocycles. The molecule has 1 N–H and O–H groups in total. The van der Waals surface area contributed by atoms with Crippen molar-refractivity contribution in [3.05, 3.63) is 70.5 Å². The summed E-state index contributed by atoms with van der Waals surface area (Å²) in [5, 5.41) is 5.22. The van der Waals surface area contributed by atoms with Gasteiger partial charge in [0.1, 0.15) is 17.4 Å². The van der Waals surface area contributed by atoms with Gasteiger partial charge < -0.3 is 14.4 Å². The highest BCUT2D eigenvalue weighted by Crippen LogP contribution is 2.21. The maximum Gasteiger partial charge on any atom is 0.255 e. The molecule has 176 valence electrons. The Kier molecular flexibility index (Phi) is 7.19. The minimum Gasteiger partial charge on any atom is -0.497 e. The number of aromatic nitrogens is 2. The van der Waals surface area contributed by atoms with Gasteiger partial charge in [-0.2, -0.15) is 5.10 Å². The highest BCUT2D eigenvalue weighted by atomic mass is 16.5. The van der Waals surface area contributed by atoms with Crippen LogP contribution in [0.3, 0.4) is 0 Å². The lowest BCUT2D eigenvalue weighted by Gasteiger charge is -2.28. The molecular formula is C24H26N6O4. The van der Waals surface area contributed by atoms with Crippen LogP contribution in [0, 0.1) is 0 Å². The van der Waals surface area contributed by atoms with Gasteiger partial charge in [0.2, 0.25) is 6.41 Å². The van der Waals surface area contributed by atoms with E-state index in [4.69, 9.17) is 14.5 Å². The molecule has 10 heteroatoms. The van der Waals surface area contributed by atoms with E-state index in [2.05, 4.69) is 10.5 Å². The second kappa shape index (κ2) is 10.6. The molecule has 1 aliphatic rings. The number of carbonyl (C=O) groups excluding carboxylic acids is 1. The molecule has 0 saturated carbocycles. The van der Waals surface area contributed by atoms with E-state index in [1.807, 2.05) is 41.3 Å². The summed E-state index contributed by atoms with van der Waals surface area (Å²) in [7, 11) is 3.30. The Labute approximate surface area is 197 Å². The molecule has 1 aromatic heterocycles. The van der Waals surface area contributed by atoms with Gasteiger partial charge in [-0.1, -0.05) is 0 Å². The average molecular weight is 463 g/mol. The van der Waals surface area contributed by atoms with Crippen molar-refractivity contribution in [1.29, 1.82) is 0 Å². The zero-order valence-electron chi connectivity index (χ0n) is 19.0. The number of amides is 1. The fraction of sp³-hybridized carbons (Fsp3) is 0.250. The maximum atomic E-state index is 12.5. The molecule has 34 heavy (non-hydrogen) atoms. The normalized spacial score (nSPS) is 13.6. The topological polar surface area (TPSA) is 101 Å². The number of hydrogen-bond donors (Lipinski definition) is 1. The monoisotopic (exact) mass is 462 g/mol. The molecule has 0 bridgehead atoms. The van der Waals surface area contributed by atoms with Gasteiger partial charge in [-0.25, -0.2) is 4.98 Å². The molecule has 0 unspecified atom stereocenters. The first-order valence-electron chi connectivity index (χ1n) is 10.8. The summed E-state index contributed by atoms with van der Waals surface area (Å²) in [4.78, 5) is 30.8. The second-order valence-electron chi connectivity index (χ2n) is 7.59. The van der Waals surface area contributed by atoms with Crippen LogP contribution < -0.4 is 20.6 Å². The zero-order chi connectivity index (χ0) is 23.9. The van der Waals surface area contributed by atoms with E-state index < -0.39 is 0 Å². The third kappa shape index (κ3) is 5.41. The first kappa shape index (κ1) is 23.0. The Hall–Kier alpha value is -4.18. The first-order chi connectivity index (χ1) is 16.6. The van der Waals surface area contributed by atoms with Crippen LogP contribution in [-0.2, 0) is 16.6 Å². The molecular weight excluding hydrogens is 436 g/mol. The van der Waals surface area contributed by atoms with E-state index in [0.717, 1.165) is 22.0 Å². The standard InChI is InChI=1S/C24H26N6O4/c1-28-23(32)15-22(29-11-13-34-14-12-29)26-24(28)19-5-7-20(8-6-19)27-30(17-31)25-16-18-3-9-21(33-2)10-4-18/h3-10,15-17,27H,11-14H2,1-2H3/b25-16+. The predicted molar refractivity (Wildman–Crippen MR) is 130 cm³/mol. The van der Waals surface area contributed by atoms with E-state index >= 15 is 0 Å². The van der Waals surface area contributed by atoms with Crippen molar-refractivity contribution in [2.24, 2.45) is 12.1 Å². The maximum absolute atomic E-state index is 12.5. The predicted octanol–water partition coefficient (Wildman–Crippen LogP) is 2.11. The lowest BCUT2D eigenvalue weighted by molar-refractivity contribution is -0.117. The molecule has 10 nitrogen and oxygen atoms in total. The summed E-state index contributed by atoms with van der Waals surface area (Å²) in [6, 6.07) is 16.1. The quantitative estimate of drug-likeness (QED) is 0.311. The van der Waals surface area contributed by atoms with Gasteiger partial charge in [0.25, 0.3) is 5.56 Å². The zero-order valence-corrected chi connectivity index (χ0v) is 19.0. The molecule has 0 atom stereocenters. The number of methoxy groups -OCH3 is 1. The third-order valence-corrected chi connectivity index (χ3v) is 5.39. The molecule has 1 saturated heterocycles. The van der Waals surface area contributed by atoms with Gasteiger partial charge in [0, 0.05) is 31.8 Å². The lowest BCUT2D eigenvalue weighted by Crippen LogP contribution is -2.38. The number of morpholine rings is 1. The number of anilines is 2. The Morgan fingerprint density at radius 3 is 2.47 bits per heavy atom. The van der Waals surface area contributed by atoms with Gasteiger partial charge in [0.15, 0.2) is 0 Å². The number of hydrogen-bond acceptors (Lipinski definition) is 8. The smallest absolute Gasteiger partial charge is 0.255 e. The van der Waals surface area contributed by atoms with Crippen LogP contribution in [0.4, 0.5) is 11.5 Å². The number of hydrazine groups is 1. The minimum absolute atomic E-state index is 0.131. The highest BCUT2D eigenvalue weighted by Gasteiger charge is 2.16. The van der Waals surface area contributed by atoms with Crippen molar-refractivity contribution in [1.82, 2.24) is 14.7 Å². The van der Waals surface area contributed by atoms with Crippen molar-refractivity contribution in [3.63, 3.8) is 0 Å².